The Balaban J connectivity index is 2.49. The number of rotatable bonds is 4. The number of hydrogen-bond donors (Lipinski definition) is 1. The lowest BCUT2D eigenvalue weighted by Crippen LogP contribution is -2.18. The van der Waals surface area contributed by atoms with Crippen molar-refractivity contribution in [1.82, 2.24) is 9.97 Å². The monoisotopic (exact) mass is 272 g/mol. The third-order valence-corrected chi connectivity index (χ3v) is 3.23. The van der Waals surface area contributed by atoms with E-state index < -0.39 is 0 Å². The molecule has 0 atom stereocenters. The zero-order chi connectivity index (χ0) is 14.7. The Labute approximate surface area is 118 Å². The van der Waals surface area contributed by atoms with E-state index in [0.717, 1.165) is 22.4 Å². The maximum atomic E-state index is 12.2. The zero-order valence-electron chi connectivity index (χ0n) is 12.4. The van der Waals surface area contributed by atoms with E-state index >= 15 is 0 Å². The van der Waals surface area contributed by atoms with Gasteiger partial charge in [0.25, 0.3) is 5.56 Å². The average Bonchev–Trinajstić information content (AvgIpc) is 2.38. The van der Waals surface area contributed by atoms with Crippen LogP contribution in [0, 0.1) is 6.92 Å². The second-order valence-corrected chi connectivity index (χ2v) is 5.20. The van der Waals surface area contributed by atoms with Crippen LogP contribution < -0.4 is 5.56 Å². The van der Waals surface area contributed by atoms with Gasteiger partial charge in [-0.2, -0.15) is 0 Å². The van der Waals surface area contributed by atoms with Crippen molar-refractivity contribution >= 4 is 0 Å². The third kappa shape index (κ3) is 2.96. The van der Waals surface area contributed by atoms with Crippen LogP contribution in [-0.4, -0.2) is 17.1 Å². The van der Waals surface area contributed by atoms with E-state index in [9.17, 15) is 4.79 Å². The van der Waals surface area contributed by atoms with Crippen molar-refractivity contribution in [2.24, 2.45) is 0 Å². The van der Waals surface area contributed by atoms with Gasteiger partial charge in [0.1, 0.15) is 5.82 Å². The maximum absolute atomic E-state index is 12.2. The molecule has 4 nitrogen and oxygen atoms in total. The zero-order valence-corrected chi connectivity index (χ0v) is 12.4. The predicted molar refractivity (Wildman–Crippen MR) is 79.8 cm³/mol. The Hall–Kier alpha value is -1.94. The SMILES string of the molecule is COCc1cccc(-c2nc(C)c(C(C)C)c(=O)[nH]2)c1. The van der Waals surface area contributed by atoms with Crippen LogP contribution in [0.15, 0.2) is 29.1 Å². The molecule has 1 aromatic heterocycles. The van der Waals surface area contributed by atoms with Crippen molar-refractivity contribution in [2.45, 2.75) is 33.3 Å². The quantitative estimate of drug-likeness (QED) is 0.930. The first-order valence-corrected chi connectivity index (χ1v) is 6.72. The number of aromatic amines is 1. The summed E-state index contributed by atoms with van der Waals surface area (Å²) in [6.45, 7) is 6.42. The summed E-state index contributed by atoms with van der Waals surface area (Å²) < 4.78 is 5.12. The van der Waals surface area contributed by atoms with E-state index in [0.29, 0.717) is 12.4 Å². The maximum Gasteiger partial charge on any atom is 0.254 e. The van der Waals surface area contributed by atoms with E-state index in [1.54, 1.807) is 7.11 Å². The molecule has 0 saturated carbocycles. The lowest BCUT2D eigenvalue weighted by Gasteiger charge is -2.10. The number of aromatic nitrogens is 2. The lowest BCUT2D eigenvalue weighted by molar-refractivity contribution is 0.185. The van der Waals surface area contributed by atoms with Crippen LogP contribution in [0.4, 0.5) is 0 Å². The number of nitrogens with one attached hydrogen (secondary N) is 1. The fraction of sp³-hybridized carbons (Fsp3) is 0.375. The van der Waals surface area contributed by atoms with Crippen molar-refractivity contribution < 1.29 is 4.74 Å². The Morgan fingerprint density at radius 2 is 2.10 bits per heavy atom. The molecule has 2 rings (SSSR count). The summed E-state index contributed by atoms with van der Waals surface area (Å²) in [5, 5.41) is 0. The highest BCUT2D eigenvalue weighted by atomic mass is 16.5. The van der Waals surface area contributed by atoms with E-state index in [4.69, 9.17) is 4.74 Å². The van der Waals surface area contributed by atoms with Crippen LogP contribution in [0.25, 0.3) is 11.4 Å². The van der Waals surface area contributed by atoms with Gasteiger partial charge in [0, 0.05) is 23.9 Å². The molecule has 106 valence electrons. The molecule has 0 aliphatic heterocycles. The third-order valence-electron chi connectivity index (χ3n) is 3.23. The molecule has 0 radical (unpaired) electrons. The van der Waals surface area contributed by atoms with E-state index in [1.165, 1.54) is 0 Å². The Morgan fingerprint density at radius 1 is 1.35 bits per heavy atom. The molecule has 0 saturated heterocycles. The molecular formula is C16H20N2O2. The molecule has 1 N–H and O–H groups in total. The van der Waals surface area contributed by atoms with Crippen LogP contribution >= 0.6 is 0 Å². The molecule has 4 heteroatoms. The van der Waals surface area contributed by atoms with Gasteiger partial charge in [0.05, 0.1) is 6.61 Å². The molecule has 0 spiro atoms. The second kappa shape index (κ2) is 6.01. The van der Waals surface area contributed by atoms with Crippen molar-refractivity contribution in [1.29, 1.82) is 0 Å². The minimum atomic E-state index is -0.0559. The van der Waals surface area contributed by atoms with Gasteiger partial charge in [-0.1, -0.05) is 32.0 Å². The highest BCUT2D eigenvalue weighted by Crippen LogP contribution is 2.19. The highest BCUT2D eigenvalue weighted by molar-refractivity contribution is 5.56. The summed E-state index contributed by atoms with van der Waals surface area (Å²) in [7, 11) is 1.66. The normalized spacial score (nSPS) is 11.1. The molecule has 0 bridgehead atoms. The van der Waals surface area contributed by atoms with Crippen molar-refractivity contribution in [3.8, 4) is 11.4 Å². The molecule has 0 unspecified atom stereocenters. The first-order chi connectivity index (χ1) is 9.52. The number of H-pyrrole nitrogens is 1. The minimum Gasteiger partial charge on any atom is -0.380 e. The van der Waals surface area contributed by atoms with Crippen molar-refractivity contribution in [2.75, 3.05) is 7.11 Å². The predicted octanol–water partition coefficient (Wildman–Crippen LogP) is 3.02. The van der Waals surface area contributed by atoms with Gasteiger partial charge in [-0.3, -0.25) is 4.79 Å². The Bertz CT molecular complexity index is 660. The molecule has 0 fully saturated rings. The standard InChI is InChI=1S/C16H20N2O2/c1-10(2)14-11(3)17-15(18-16(14)19)13-7-5-6-12(8-13)9-20-4/h5-8,10H,9H2,1-4H3,(H,17,18,19). The first-order valence-electron chi connectivity index (χ1n) is 6.72. The van der Waals surface area contributed by atoms with Crippen LogP contribution in [0.5, 0.6) is 0 Å². The summed E-state index contributed by atoms with van der Waals surface area (Å²) in [5.41, 5.74) is 3.44. The van der Waals surface area contributed by atoms with Gasteiger partial charge < -0.3 is 9.72 Å². The molecule has 0 amide bonds. The molecular weight excluding hydrogens is 252 g/mol. The summed E-state index contributed by atoms with van der Waals surface area (Å²) in [4.78, 5) is 19.6. The lowest BCUT2D eigenvalue weighted by atomic mass is 10.0. The largest absolute Gasteiger partial charge is 0.380 e. The minimum absolute atomic E-state index is 0.0559. The Kier molecular flexibility index (Phi) is 4.35. The second-order valence-electron chi connectivity index (χ2n) is 5.20. The number of hydrogen-bond acceptors (Lipinski definition) is 3. The smallest absolute Gasteiger partial charge is 0.254 e. The van der Waals surface area contributed by atoms with Gasteiger partial charge in [0.15, 0.2) is 0 Å². The van der Waals surface area contributed by atoms with Crippen LogP contribution in [0.3, 0.4) is 0 Å². The number of ether oxygens (including phenoxy) is 1. The summed E-state index contributed by atoms with van der Waals surface area (Å²) in [5.74, 6) is 0.773. The van der Waals surface area contributed by atoms with Crippen LogP contribution in [0.2, 0.25) is 0 Å². The van der Waals surface area contributed by atoms with Gasteiger partial charge in [-0.15, -0.1) is 0 Å². The number of methoxy groups -OCH3 is 1. The van der Waals surface area contributed by atoms with Crippen LogP contribution in [-0.2, 0) is 11.3 Å². The fourth-order valence-electron chi connectivity index (χ4n) is 2.39. The van der Waals surface area contributed by atoms with E-state index in [2.05, 4.69) is 9.97 Å². The first kappa shape index (κ1) is 14.5. The van der Waals surface area contributed by atoms with E-state index in [-0.39, 0.29) is 11.5 Å². The molecule has 1 aromatic carbocycles. The molecule has 2 aromatic rings. The number of aryl methyl sites for hydroxylation is 1. The highest BCUT2D eigenvalue weighted by Gasteiger charge is 2.12. The Morgan fingerprint density at radius 3 is 2.70 bits per heavy atom. The summed E-state index contributed by atoms with van der Waals surface area (Å²) in [6, 6.07) is 7.85. The van der Waals surface area contributed by atoms with E-state index in [1.807, 2.05) is 45.0 Å². The summed E-state index contributed by atoms with van der Waals surface area (Å²) >= 11 is 0. The van der Waals surface area contributed by atoms with Gasteiger partial charge in [-0.25, -0.2) is 4.98 Å². The molecule has 20 heavy (non-hydrogen) atoms. The van der Waals surface area contributed by atoms with Crippen LogP contribution in [0.1, 0.15) is 36.6 Å². The fourth-order valence-corrected chi connectivity index (χ4v) is 2.39. The van der Waals surface area contributed by atoms with Gasteiger partial charge in [0.2, 0.25) is 0 Å². The molecule has 1 heterocycles. The molecule has 0 aliphatic rings. The van der Waals surface area contributed by atoms with Gasteiger partial charge >= 0.3 is 0 Å². The summed E-state index contributed by atoms with van der Waals surface area (Å²) in [6.07, 6.45) is 0. The van der Waals surface area contributed by atoms with Gasteiger partial charge in [-0.05, 0) is 24.5 Å². The number of benzene rings is 1. The van der Waals surface area contributed by atoms with Crippen molar-refractivity contribution in [3.05, 3.63) is 51.4 Å². The average molecular weight is 272 g/mol. The molecule has 0 aliphatic carbocycles. The number of nitrogens with zero attached hydrogens (tertiary/aromatic N) is 1. The van der Waals surface area contributed by atoms with Crippen molar-refractivity contribution in [3.63, 3.8) is 0 Å². The topological polar surface area (TPSA) is 55.0 Å².